The van der Waals surface area contributed by atoms with Crippen LogP contribution in [0.15, 0.2) is 36.5 Å². The van der Waals surface area contributed by atoms with E-state index < -0.39 is 17.4 Å². The van der Waals surface area contributed by atoms with Gasteiger partial charge in [-0.2, -0.15) is 8.75 Å². The Morgan fingerprint density at radius 3 is 2.53 bits per heavy atom. The number of rotatable bonds is 4. The second kappa shape index (κ2) is 5.15. The lowest BCUT2D eigenvalue weighted by Gasteiger charge is -2.26. The van der Waals surface area contributed by atoms with Crippen LogP contribution in [-0.2, 0) is 10.3 Å². The van der Waals surface area contributed by atoms with Crippen molar-refractivity contribution in [3.63, 3.8) is 0 Å². The van der Waals surface area contributed by atoms with Crippen molar-refractivity contribution in [2.75, 3.05) is 0 Å². The fourth-order valence-electron chi connectivity index (χ4n) is 1.58. The van der Waals surface area contributed by atoms with Gasteiger partial charge in [0, 0.05) is 0 Å². The van der Waals surface area contributed by atoms with Crippen LogP contribution in [0.25, 0.3) is 0 Å². The molecule has 1 heterocycles. The number of nitrogens with zero attached hydrogens (tertiary/aromatic N) is 2. The average molecular weight is 277 g/mol. The van der Waals surface area contributed by atoms with Gasteiger partial charge in [0.25, 0.3) is 5.91 Å². The van der Waals surface area contributed by atoms with Crippen molar-refractivity contribution in [2.45, 2.75) is 12.5 Å². The molecule has 0 saturated heterocycles. The molecule has 1 atom stereocenters. The largest absolute Gasteiger partial charge is 0.479 e. The lowest BCUT2D eigenvalue weighted by atomic mass is 9.92. The SMILES string of the molecule is CC(NC(=O)c1cnsn1)(C(=O)O)c1ccccc1. The second-order valence-corrected chi connectivity index (χ2v) is 4.60. The Hall–Kier alpha value is -2.28. The van der Waals surface area contributed by atoms with E-state index in [9.17, 15) is 14.7 Å². The number of aromatic nitrogens is 2. The molecule has 1 aromatic carbocycles. The first-order valence-electron chi connectivity index (χ1n) is 5.43. The summed E-state index contributed by atoms with van der Waals surface area (Å²) >= 11 is 0.890. The minimum Gasteiger partial charge on any atom is -0.479 e. The molecule has 98 valence electrons. The zero-order valence-corrected chi connectivity index (χ0v) is 10.8. The van der Waals surface area contributed by atoms with E-state index in [0.717, 1.165) is 11.7 Å². The topological polar surface area (TPSA) is 92.2 Å². The van der Waals surface area contributed by atoms with E-state index >= 15 is 0 Å². The third-order valence-corrected chi connectivity index (χ3v) is 3.21. The molecule has 0 saturated carbocycles. The normalized spacial score (nSPS) is 13.5. The Morgan fingerprint density at radius 1 is 1.32 bits per heavy atom. The molecule has 1 aromatic heterocycles. The fourth-order valence-corrected chi connectivity index (χ4v) is 1.99. The Labute approximate surface area is 113 Å². The predicted octanol–water partition coefficient (Wildman–Crippen LogP) is 1.27. The van der Waals surface area contributed by atoms with Gasteiger partial charge in [0.15, 0.2) is 11.2 Å². The third-order valence-electron chi connectivity index (χ3n) is 2.74. The zero-order valence-electron chi connectivity index (χ0n) is 10.0. The van der Waals surface area contributed by atoms with Crippen molar-refractivity contribution >= 4 is 23.6 Å². The van der Waals surface area contributed by atoms with E-state index in [1.165, 1.54) is 13.1 Å². The van der Waals surface area contributed by atoms with Crippen LogP contribution in [0.4, 0.5) is 0 Å². The van der Waals surface area contributed by atoms with Crippen molar-refractivity contribution in [2.24, 2.45) is 0 Å². The second-order valence-electron chi connectivity index (χ2n) is 4.04. The molecule has 0 aliphatic rings. The van der Waals surface area contributed by atoms with E-state index in [1.54, 1.807) is 30.3 Å². The van der Waals surface area contributed by atoms with Gasteiger partial charge in [0.05, 0.1) is 17.9 Å². The van der Waals surface area contributed by atoms with Crippen LogP contribution in [0.1, 0.15) is 23.0 Å². The number of carboxylic acid groups (broad SMARTS) is 1. The molecular weight excluding hydrogens is 266 g/mol. The molecule has 0 spiro atoms. The summed E-state index contributed by atoms with van der Waals surface area (Å²) in [6.07, 6.45) is 1.30. The summed E-state index contributed by atoms with van der Waals surface area (Å²) in [5, 5.41) is 11.9. The van der Waals surface area contributed by atoms with Crippen LogP contribution in [0.3, 0.4) is 0 Å². The molecule has 19 heavy (non-hydrogen) atoms. The van der Waals surface area contributed by atoms with Crippen LogP contribution in [0.2, 0.25) is 0 Å². The molecule has 2 N–H and O–H groups in total. The van der Waals surface area contributed by atoms with Gasteiger partial charge in [-0.15, -0.1) is 0 Å². The van der Waals surface area contributed by atoms with E-state index in [0.29, 0.717) is 5.56 Å². The maximum Gasteiger partial charge on any atom is 0.333 e. The van der Waals surface area contributed by atoms with Crippen LogP contribution < -0.4 is 5.32 Å². The molecule has 7 heteroatoms. The first-order chi connectivity index (χ1) is 9.04. The Morgan fingerprint density at radius 2 is 2.00 bits per heavy atom. The van der Waals surface area contributed by atoms with Gasteiger partial charge in [0.2, 0.25) is 0 Å². The van der Waals surface area contributed by atoms with Gasteiger partial charge in [-0.3, -0.25) is 4.79 Å². The summed E-state index contributed by atoms with van der Waals surface area (Å²) in [4.78, 5) is 23.4. The molecule has 1 unspecified atom stereocenters. The number of hydrogen-bond acceptors (Lipinski definition) is 5. The van der Waals surface area contributed by atoms with Crippen molar-refractivity contribution in [1.29, 1.82) is 0 Å². The highest BCUT2D eigenvalue weighted by Gasteiger charge is 2.37. The summed E-state index contributed by atoms with van der Waals surface area (Å²) in [5.74, 6) is -1.71. The van der Waals surface area contributed by atoms with Crippen molar-refractivity contribution in [1.82, 2.24) is 14.1 Å². The highest BCUT2D eigenvalue weighted by molar-refractivity contribution is 6.99. The number of carboxylic acids is 1. The first kappa shape index (κ1) is 13.2. The maximum absolute atomic E-state index is 11.9. The number of carbonyl (C=O) groups excluding carboxylic acids is 1. The van der Waals surface area contributed by atoms with Crippen molar-refractivity contribution in [3.8, 4) is 0 Å². The third kappa shape index (κ3) is 2.60. The Balaban J connectivity index is 2.31. The minimum atomic E-state index is -1.51. The van der Waals surface area contributed by atoms with Crippen LogP contribution in [0, 0.1) is 0 Å². The van der Waals surface area contributed by atoms with E-state index in [-0.39, 0.29) is 5.69 Å². The van der Waals surface area contributed by atoms with Gasteiger partial charge in [-0.1, -0.05) is 30.3 Å². The van der Waals surface area contributed by atoms with Gasteiger partial charge in [-0.25, -0.2) is 4.79 Å². The molecule has 6 nitrogen and oxygen atoms in total. The molecule has 0 aliphatic heterocycles. The minimum absolute atomic E-state index is 0.105. The van der Waals surface area contributed by atoms with Gasteiger partial charge < -0.3 is 10.4 Å². The number of aliphatic carboxylic acids is 1. The molecule has 0 radical (unpaired) electrons. The average Bonchev–Trinajstić information content (AvgIpc) is 2.93. The lowest BCUT2D eigenvalue weighted by Crippen LogP contribution is -2.49. The highest BCUT2D eigenvalue weighted by atomic mass is 32.1. The number of hydrogen-bond donors (Lipinski definition) is 2. The molecule has 2 rings (SSSR count). The zero-order chi connectivity index (χ0) is 13.9. The Bertz CT molecular complexity index is 586. The monoisotopic (exact) mass is 277 g/mol. The van der Waals surface area contributed by atoms with Crippen LogP contribution in [-0.4, -0.2) is 25.7 Å². The smallest absolute Gasteiger partial charge is 0.333 e. The summed E-state index contributed by atoms with van der Waals surface area (Å²) in [7, 11) is 0. The van der Waals surface area contributed by atoms with E-state index in [4.69, 9.17) is 0 Å². The summed E-state index contributed by atoms with van der Waals surface area (Å²) < 4.78 is 7.49. The molecule has 1 amide bonds. The quantitative estimate of drug-likeness (QED) is 0.878. The summed E-state index contributed by atoms with van der Waals surface area (Å²) in [6.45, 7) is 1.43. The van der Waals surface area contributed by atoms with Crippen molar-refractivity contribution in [3.05, 3.63) is 47.8 Å². The molecule has 2 aromatic rings. The predicted molar refractivity (Wildman–Crippen MR) is 68.8 cm³/mol. The van der Waals surface area contributed by atoms with Gasteiger partial charge in [0.1, 0.15) is 0 Å². The lowest BCUT2D eigenvalue weighted by molar-refractivity contribution is -0.144. The summed E-state index contributed by atoms with van der Waals surface area (Å²) in [6, 6.07) is 8.50. The molecular formula is C12H11N3O3S. The number of amides is 1. The molecule has 0 bridgehead atoms. The van der Waals surface area contributed by atoms with Crippen LogP contribution in [0.5, 0.6) is 0 Å². The van der Waals surface area contributed by atoms with Gasteiger partial charge in [-0.05, 0) is 12.5 Å². The first-order valence-corrected chi connectivity index (χ1v) is 6.16. The molecule has 0 aliphatic carbocycles. The van der Waals surface area contributed by atoms with E-state index in [2.05, 4.69) is 14.1 Å². The fraction of sp³-hybridized carbons (Fsp3) is 0.167. The highest BCUT2D eigenvalue weighted by Crippen LogP contribution is 2.21. The molecule has 0 fully saturated rings. The number of benzene rings is 1. The number of nitrogens with one attached hydrogen (secondary N) is 1. The van der Waals surface area contributed by atoms with E-state index in [1.807, 2.05) is 0 Å². The summed E-state index contributed by atoms with van der Waals surface area (Å²) in [5.41, 5.74) is -0.922. The van der Waals surface area contributed by atoms with Crippen molar-refractivity contribution < 1.29 is 14.7 Å². The van der Waals surface area contributed by atoms with Crippen LogP contribution >= 0.6 is 11.7 Å². The Kier molecular flexibility index (Phi) is 3.57. The standard InChI is InChI=1S/C12H11N3O3S/c1-12(11(17)18,8-5-3-2-4-6-8)14-10(16)9-7-13-19-15-9/h2-7H,1H3,(H,14,16)(H,17,18). The number of carbonyl (C=O) groups is 2. The van der Waals surface area contributed by atoms with Gasteiger partial charge >= 0.3 is 5.97 Å². The maximum atomic E-state index is 11.9.